The van der Waals surface area contributed by atoms with Crippen LogP contribution >= 0.6 is 0 Å². The van der Waals surface area contributed by atoms with Crippen molar-refractivity contribution in [2.45, 2.75) is 26.4 Å². The second-order valence-corrected chi connectivity index (χ2v) is 6.29. The van der Waals surface area contributed by atoms with Gasteiger partial charge in [0.2, 0.25) is 5.91 Å². The molecule has 1 atom stereocenters. The summed E-state index contributed by atoms with van der Waals surface area (Å²) in [5, 5.41) is 4.23. The molecule has 0 N–H and O–H groups in total. The molecule has 128 valence electrons. The summed E-state index contributed by atoms with van der Waals surface area (Å²) in [5.41, 5.74) is 1.69. The minimum Gasteiger partial charge on any atom is -0.338 e. The van der Waals surface area contributed by atoms with E-state index < -0.39 is 0 Å². The second kappa shape index (κ2) is 7.13. The van der Waals surface area contributed by atoms with E-state index in [4.69, 9.17) is 0 Å². The first-order valence-electron chi connectivity index (χ1n) is 8.31. The smallest absolute Gasteiger partial charge is 0.247 e. The van der Waals surface area contributed by atoms with Gasteiger partial charge in [0.1, 0.15) is 11.9 Å². The molecular weight excluding hydrogens is 307 g/mol. The van der Waals surface area contributed by atoms with Crippen molar-refractivity contribution in [2.24, 2.45) is 0 Å². The zero-order chi connectivity index (χ0) is 17.1. The first-order valence-corrected chi connectivity index (χ1v) is 8.31. The van der Waals surface area contributed by atoms with E-state index >= 15 is 0 Å². The van der Waals surface area contributed by atoms with Crippen molar-refractivity contribution in [1.82, 2.24) is 19.6 Å². The highest BCUT2D eigenvalue weighted by Gasteiger charge is 2.26. The maximum atomic E-state index is 13.7. The molecule has 0 radical (unpaired) electrons. The van der Waals surface area contributed by atoms with Gasteiger partial charge in [0.25, 0.3) is 0 Å². The predicted octanol–water partition coefficient (Wildman–Crippen LogP) is 2.24. The molecule has 5 nitrogen and oxygen atoms in total. The molecule has 0 saturated carbocycles. The summed E-state index contributed by atoms with van der Waals surface area (Å²) in [6.45, 7) is 7.26. The van der Waals surface area contributed by atoms with Crippen LogP contribution in [-0.4, -0.2) is 51.7 Å². The molecule has 2 heterocycles. The maximum Gasteiger partial charge on any atom is 0.247 e. The van der Waals surface area contributed by atoms with Crippen LogP contribution in [0.15, 0.2) is 36.5 Å². The van der Waals surface area contributed by atoms with Gasteiger partial charge in [-0.05, 0) is 26.0 Å². The Labute approximate surface area is 141 Å². The third-order valence-electron chi connectivity index (χ3n) is 4.63. The van der Waals surface area contributed by atoms with E-state index in [0.29, 0.717) is 25.2 Å². The summed E-state index contributed by atoms with van der Waals surface area (Å²) >= 11 is 0. The zero-order valence-electron chi connectivity index (χ0n) is 14.2. The number of aromatic nitrogens is 2. The quantitative estimate of drug-likeness (QED) is 0.863. The molecule has 6 heteroatoms. The number of carbonyl (C=O) groups excluding carboxylic acids is 1. The number of halogens is 1. The lowest BCUT2D eigenvalue weighted by atomic mass is 10.1. The largest absolute Gasteiger partial charge is 0.338 e. The summed E-state index contributed by atoms with van der Waals surface area (Å²) in [4.78, 5) is 16.7. The number of amides is 1. The molecule has 1 aromatic carbocycles. The second-order valence-electron chi connectivity index (χ2n) is 6.29. The Morgan fingerprint density at radius 2 is 1.92 bits per heavy atom. The highest BCUT2D eigenvalue weighted by atomic mass is 19.1. The molecule has 3 rings (SSSR count). The number of rotatable bonds is 4. The van der Waals surface area contributed by atoms with Crippen molar-refractivity contribution in [2.75, 3.05) is 26.2 Å². The highest BCUT2D eigenvalue weighted by molar-refractivity contribution is 5.80. The molecule has 1 fully saturated rings. The lowest BCUT2D eigenvalue weighted by Crippen LogP contribution is -2.50. The molecule has 0 spiro atoms. The monoisotopic (exact) mass is 330 g/mol. The van der Waals surface area contributed by atoms with Crippen molar-refractivity contribution in [3.63, 3.8) is 0 Å². The summed E-state index contributed by atoms with van der Waals surface area (Å²) < 4.78 is 15.5. The Morgan fingerprint density at radius 3 is 2.54 bits per heavy atom. The molecule has 1 unspecified atom stereocenters. The van der Waals surface area contributed by atoms with E-state index in [0.717, 1.165) is 18.8 Å². The lowest BCUT2D eigenvalue weighted by molar-refractivity contribution is -0.136. The van der Waals surface area contributed by atoms with Crippen LogP contribution in [0.5, 0.6) is 0 Å². The minimum absolute atomic E-state index is 0.0901. The molecule has 1 aliphatic heterocycles. The predicted molar refractivity (Wildman–Crippen MR) is 89.9 cm³/mol. The number of nitrogens with zero attached hydrogens (tertiary/aromatic N) is 4. The van der Waals surface area contributed by atoms with Crippen LogP contribution in [0.4, 0.5) is 4.39 Å². The number of aryl methyl sites for hydroxylation is 1. The van der Waals surface area contributed by atoms with E-state index in [9.17, 15) is 9.18 Å². The van der Waals surface area contributed by atoms with Crippen LogP contribution in [-0.2, 0) is 11.3 Å². The van der Waals surface area contributed by atoms with Gasteiger partial charge in [0.05, 0.1) is 0 Å². The average molecular weight is 330 g/mol. The fraction of sp³-hybridized carbons (Fsp3) is 0.444. The Morgan fingerprint density at radius 1 is 1.21 bits per heavy atom. The number of piperazine rings is 1. The van der Waals surface area contributed by atoms with Gasteiger partial charge >= 0.3 is 0 Å². The lowest BCUT2D eigenvalue weighted by Gasteiger charge is -2.36. The summed E-state index contributed by atoms with van der Waals surface area (Å²) in [6, 6.07) is 8.47. The molecule has 1 amide bonds. The fourth-order valence-corrected chi connectivity index (χ4v) is 3.15. The van der Waals surface area contributed by atoms with Gasteiger partial charge in [0.15, 0.2) is 0 Å². The van der Waals surface area contributed by atoms with Crippen molar-refractivity contribution in [1.29, 1.82) is 0 Å². The van der Waals surface area contributed by atoms with Gasteiger partial charge in [-0.15, -0.1) is 0 Å². The molecule has 1 saturated heterocycles. The van der Waals surface area contributed by atoms with Gasteiger partial charge < -0.3 is 4.90 Å². The number of hydrogen-bond donors (Lipinski definition) is 0. The van der Waals surface area contributed by atoms with E-state index in [1.165, 1.54) is 6.07 Å². The van der Waals surface area contributed by atoms with E-state index in [2.05, 4.69) is 10.00 Å². The Hall–Kier alpha value is -2.21. The van der Waals surface area contributed by atoms with Gasteiger partial charge in [-0.1, -0.05) is 18.2 Å². The van der Waals surface area contributed by atoms with Crippen LogP contribution in [0, 0.1) is 12.7 Å². The number of carbonyl (C=O) groups is 1. The van der Waals surface area contributed by atoms with Crippen LogP contribution < -0.4 is 0 Å². The van der Waals surface area contributed by atoms with Gasteiger partial charge in [-0.2, -0.15) is 5.10 Å². The standard InChI is InChI=1S/C18H23FN4O/c1-14-7-8-20-23(14)15(2)18(24)22-11-9-21(10-12-22)13-16-5-3-4-6-17(16)19/h3-8,15H,9-13H2,1-2H3. The minimum atomic E-state index is -0.293. The van der Waals surface area contributed by atoms with Crippen LogP contribution in [0.2, 0.25) is 0 Å². The van der Waals surface area contributed by atoms with Gasteiger partial charge in [0, 0.05) is 50.2 Å². The fourth-order valence-electron chi connectivity index (χ4n) is 3.15. The molecule has 1 aromatic heterocycles. The van der Waals surface area contributed by atoms with Gasteiger partial charge in [-0.25, -0.2) is 4.39 Å². The topological polar surface area (TPSA) is 41.4 Å². The number of hydrogen-bond acceptors (Lipinski definition) is 3. The SMILES string of the molecule is Cc1ccnn1C(C)C(=O)N1CCN(Cc2ccccc2F)CC1. The third-order valence-corrected chi connectivity index (χ3v) is 4.63. The summed E-state index contributed by atoms with van der Waals surface area (Å²) in [5.74, 6) is -0.0777. The van der Waals surface area contributed by atoms with E-state index in [1.807, 2.05) is 36.9 Å². The molecule has 2 aromatic rings. The maximum absolute atomic E-state index is 13.7. The molecule has 0 aliphatic carbocycles. The van der Waals surface area contributed by atoms with Gasteiger partial charge in [-0.3, -0.25) is 14.4 Å². The van der Waals surface area contributed by atoms with Crippen LogP contribution in [0.1, 0.15) is 24.2 Å². The molecule has 24 heavy (non-hydrogen) atoms. The van der Waals surface area contributed by atoms with Crippen molar-refractivity contribution >= 4 is 5.91 Å². The van der Waals surface area contributed by atoms with Crippen LogP contribution in [0.25, 0.3) is 0 Å². The van der Waals surface area contributed by atoms with Crippen LogP contribution in [0.3, 0.4) is 0 Å². The Bertz CT molecular complexity index is 707. The Balaban J connectivity index is 1.56. The normalized spacial score (nSPS) is 17.0. The van der Waals surface area contributed by atoms with Crippen molar-refractivity contribution in [3.05, 3.63) is 53.6 Å². The van der Waals surface area contributed by atoms with E-state index in [-0.39, 0.29) is 17.8 Å². The van der Waals surface area contributed by atoms with E-state index in [1.54, 1.807) is 16.9 Å². The zero-order valence-corrected chi connectivity index (χ0v) is 14.2. The third kappa shape index (κ3) is 3.48. The summed E-state index contributed by atoms with van der Waals surface area (Å²) in [6.07, 6.45) is 1.71. The molecule has 0 bridgehead atoms. The highest BCUT2D eigenvalue weighted by Crippen LogP contribution is 2.16. The average Bonchev–Trinajstić information content (AvgIpc) is 3.02. The van der Waals surface area contributed by atoms with Crippen molar-refractivity contribution < 1.29 is 9.18 Å². The van der Waals surface area contributed by atoms with Crippen molar-refractivity contribution in [3.8, 4) is 0 Å². The molecular formula is C18H23FN4O. The first-order chi connectivity index (χ1) is 11.6. The first kappa shape index (κ1) is 16.6. The molecule has 1 aliphatic rings. The Kier molecular flexibility index (Phi) is 4.94. The number of benzene rings is 1. The summed E-state index contributed by atoms with van der Waals surface area (Å²) in [7, 11) is 0.